The van der Waals surface area contributed by atoms with Gasteiger partial charge < -0.3 is 9.32 Å². The maximum atomic E-state index is 6.38. The molecule has 0 amide bonds. The van der Waals surface area contributed by atoms with Crippen molar-refractivity contribution in [1.29, 1.82) is 0 Å². The van der Waals surface area contributed by atoms with Crippen molar-refractivity contribution in [3.05, 3.63) is 197 Å². The summed E-state index contributed by atoms with van der Waals surface area (Å²) in [5.74, 6) is 0. The maximum Gasteiger partial charge on any atom is 0.137 e. The van der Waals surface area contributed by atoms with Crippen molar-refractivity contribution in [2.24, 2.45) is 0 Å². The SMILES string of the molecule is C/C(=C\C=C(/C)N(c1ccc(-c2ccccc2)c(C(C)(C)C)c1)c1ccc2c(c1)oc1ccccc12)c1ccc(C)c(-c2ccccc2C)c1.CC1=CCCC=C1.CCC. The van der Waals surface area contributed by atoms with Gasteiger partial charge in [0.1, 0.15) is 11.2 Å². The normalized spacial score (nSPS) is 13.0. The molecule has 0 N–H and O–H groups in total. The molecule has 0 unspecified atom stereocenters. The fraction of sp³-hybridized carbons (Fsp3) is 0.241. The van der Waals surface area contributed by atoms with E-state index in [9.17, 15) is 0 Å². The Labute approximate surface area is 360 Å². The fourth-order valence-corrected chi connectivity index (χ4v) is 7.76. The van der Waals surface area contributed by atoms with Gasteiger partial charge in [-0.25, -0.2) is 0 Å². The molecule has 306 valence electrons. The van der Waals surface area contributed by atoms with E-state index in [1.54, 1.807) is 0 Å². The number of furan rings is 1. The number of rotatable bonds is 7. The van der Waals surface area contributed by atoms with E-state index >= 15 is 0 Å². The van der Waals surface area contributed by atoms with Crippen molar-refractivity contribution < 1.29 is 4.42 Å². The summed E-state index contributed by atoms with van der Waals surface area (Å²) in [6, 6.07) is 47.9. The second kappa shape index (κ2) is 19.8. The number of benzene rings is 6. The highest BCUT2D eigenvalue weighted by Crippen LogP contribution is 2.41. The van der Waals surface area contributed by atoms with Gasteiger partial charge in [0, 0.05) is 33.9 Å². The van der Waals surface area contributed by atoms with E-state index in [0.29, 0.717) is 0 Å². The molecule has 6 aromatic carbocycles. The van der Waals surface area contributed by atoms with Crippen LogP contribution in [0.25, 0.3) is 49.8 Å². The van der Waals surface area contributed by atoms with Gasteiger partial charge in [-0.3, -0.25) is 0 Å². The summed E-state index contributed by atoms with van der Waals surface area (Å²) in [6.45, 7) is 22.1. The largest absolute Gasteiger partial charge is 0.456 e. The smallest absolute Gasteiger partial charge is 0.137 e. The Morgan fingerprint density at radius 3 is 1.95 bits per heavy atom. The van der Waals surface area contributed by atoms with E-state index in [-0.39, 0.29) is 5.41 Å². The van der Waals surface area contributed by atoms with Crippen LogP contribution in [0.5, 0.6) is 0 Å². The molecule has 0 saturated carbocycles. The number of aryl methyl sites for hydroxylation is 2. The molecule has 0 saturated heterocycles. The summed E-state index contributed by atoms with van der Waals surface area (Å²) in [5.41, 5.74) is 17.8. The van der Waals surface area contributed by atoms with Crippen molar-refractivity contribution in [3.8, 4) is 22.3 Å². The number of hydrogen-bond acceptors (Lipinski definition) is 2. The van der Waals surface area contributed by atoms with Crippen LogP contribution in [0.15, 0.2) is 180 Å². The summed E-state index contributed by atoms with van der Waals surface area (Å²) in [7, 11) is 0. The molecule has 0 bridgehead atoms. The second-order valence-corrected chi connectivity index (χ2v) is 17.1. The van der Waals surface area contributed by atoms with Gasteiger partial charge >= 0.3 is 0 Å². The molecule has 1 heterocycles. The Hall–Kier alpha value is -6.12. The minimum absolute atomic E-state index is 0.0656. The number of para-hydroxylation sites is 1. The molecule has 0 radical (unpaired) electrons. The molecule has 8 rings (SSSR count). The van der Waals surface area contributed by atoms with Crippen LogP contribution in [0.1, 0.15) is 96.9 Å². The standard InChI is InChI=1S/C48H45NO.C7H10.C3H8/c1-32(37-24-22-34(3)44(29-37)40-18-12-11-15-33(40)2)21-23-35(4)49(39-26-28-43-42-19-13-14-20-46(42)50-47(43)31-39)38-25-27-41(36-16-9-8-10-17-36)45(30-38)48(5,6)7;1-7-5-3-2-4-6-7;1-3-2/h8-31H,1-7H3;3,5-6H,2,4H2,1H3;3H2,1-2H3/b32-21+,35-23+;;. The Morgan fingerprint density at radius 2 is 1.27 bits per heavy atom. The molecule has 7 aromatic rings. The fourth-order valence-electron chi connectivity index (χ4n) is 7.76. The average Bonchev–Trinajstić information content (AvgIpc) is 3.62. The summed E-state index contributed by atoms with van der Waals surface area (Å²) in [5, 5.41) is 2.26. The van der Waals surface area contributed by atoms with Crippen LogP contribution in [0.2, 0.25) is 0 Å². The lowest BCUT2D eigenvalue weighted by molar-refractivity contribution is 0.592. The van der Waals surface area contributed by atoms with Gasteiger partial charge in [0.05, 0.1) is 0 Å². The third-order valence-electron chi connectivity index (χ3n) is 11.0. The molecule has 0 spiro atoms. The summed E-state index contributed by atoms with van der Waals surface area (Å²) in [6.07, 6.45) is 14.9. The molecular formula is C58H63NO. The van der Waals surface area contributed by atoms with Crippen LogP contribution in [0.3, 0.4) is 0 Å². The zero-order chi connectivity index (χ0) is 42.8. The van der Waals surface area contributed by atoms with Crippen molar-refractivity contribution >= 4 is 38.9 Å². The lowest BCUT2D eigenvalue weighted by atomic mass is 9.81. The highest BCUT2D eigenvalue weighted by atomic mass is 16.3. The van der Waals surface area contributed by atoms with E-state index in [0.717, 1.165) is 39.0 Å². The lowest BCUT2D eigenvalue weighted by Gasteiger charge is -2.30. The highest BCUT2D eigenvalue weighted by molar-refractivity contribution is 6.06. The molecule has 2 heteroatoms. The van der Waals surface area contributed by atoms with Crippen molar-refractivity contribution in [2.45, 2.75) is 93.9 Å². The monoisotopic (exact) mass is 789 g/mol. The van der Waals surface area contributed by atoms with Crippen LogP contribution in [-0.2, 0) is 5.41 Å². The number of nitrogens with zero attached hydrogens (tertiary/aromatic N) is 1. The maximum absolute atomic E-state index is 6.38. The number of anilines is 2. The van der Waals surface area contributed by atoms with Crippen molar-refractivity contribution in [2.75, 3.05) is 4.90 Å². The van der Waals surface area contributed by atoms with Crippen LogP contribution < -0.4 is 4.90 Å². The van der Waals surface area contributed by atoms with Gasteiger partial charge in [0.15, 0.2) is 0 Å². The van der Waals surface area contributed by atoms with Crippen LogP contribution >= 0.6 is 0 Å². The zero-order valence-electron chi connectivity index (χ0n) is 37.6. The minimum atomic E-state index is -0.0656. The number of fused-ring (bicyclic) bond motifs is 3. The zero-order valence-corrected chi connectivity index (χ0v) is 37.6. The van der Waals surface area contributed by atoms with Crippen LogP contribution in [-0.4, -0.2) is 0 Å². The summed E-state index contributed by atoms with van der Waals surface area (Å²) < 4.78 is 6.38. The molecular weight excluding hydrogens is 727 g/mol. The third-order valence-corrected chi connectivity index (χ3v) is 11.0. The van der Waals surface area contributed by atoms with Crippen molar-refractivity contribution in [1.82, 2.24) is 0 Å². The Balaban J connectivity index is 0.000000536. The molecule has 1 aromatic heterocycles. The van der Waals surface area contributed by atoms with Crippen LogP contribution in [0.4, 0.5) is 11.4 Å². The first-order chi connectivity index (χ1) is 28.9. The quantitative estimate of drug-likeness (QED) is 0.150. The van der Waals surface area contributed by atoms with E-state index < -0.39 is 0 Å². The molecule has 2 nitrogen and oxygen atoms in total. The molecule has 0 fully saturated rings. The Bertz CT molecular complexity index is 2670. The highest BCUT2D eigenvalue weighted by Gasteiger charge is 2.22. The lowest BCUT2D eigenvalue weighted by Crippen LogP contribution is -2.18. The molecule has 1 aliphatic rings. The van der Waals surface area contributed by atoms with Gasteiger partial charge in [-0.2, -0.15) is 0 Å². The Morgan fingerprint density at radius 1 is 0.617 bits per heavy atom. The molecule has 0 aliphatic heterocycles. The summed E-state index contributed by atoms with van der Waals surface area (Å²) >= 11 is 0. The van der Waals surface area contributed by atoms with Gasteiger partial charge in [0.25, 0.3) is 0 Å². The van der Waals surface area contributed by atoms with E-state index in [1.165, 1.54) is 74.9 Å². The molecule has 60 heavy (non-hydrogen) atoms. The first-order valence-corrected chi connectivity index (χ1v) is 21.7. The topological polar surface area (TPSA) is 16.4 Å². The van der Waals surface area contributed by atoms with Gasteiger partial charge in [-0.15, -0.1) is 0 Å². The number of hydrogen-bond donors (Lipinski definition) is 0. The second-order valence-electron chi connectivity index (χ2n) is 17.1. The van der Waals surface area contributed by atoms with Gasteiger partial charge in [-0.1, -0.05) is 162 Å². The first kappa shape index (κ1) is 43.5. The third kappa shape index (κ3) is 10.4. The number of allylic oxidation sites excluding steroid dienone is 8. The minimum Gasteiger partial charge on any atom is -0.456 e. The van der Waals surface area contributed by atoms with Crippen molar-refractivity contribution in [3.63, 3.8) is 0 Å². The molecule has 0 atom stereocenters. The van der Waals surface area contributed by atoms with Gasteiger partial charge in [-0.05, 0) is 145 Å². The van der Waals surface area contributed by atoms with Crippen LogP contribution in [0, 0.1) is 13.8 Å². The van der Waals surface area contributed by atoms with E-state index in [1.807, 2.05) is 12.1 Å². The van der Waals surface area contributed by atoms with E-state index in [2.05, 4.69) is 226 Å². The van der Waals surface area contributed by atoms with Gasteiger partial charge in [0.2, 0.25) is 0 Å². The summed E-state index contributed by atoms with van der Waals surface area (Å²) in [4.78, 5) is 2.36. The average molecular weight is 790 g/mol. The predicted molar refractivity (Wildman–Crippen MR) is 263 cm³/mol. The molecule has 1 aliphatic carbocycles. The predicted octanol–water partition coefficient (Wildman–Crippen LogP) is 17.7. The van der Waals surface area contributed by atoms with E-state index in [4.69, 9.17) is 4.42 Å². The first-order valence-electron chi connectivity index (χ1n) is 21.7. The Kier molecular flexibility index (Phi) is 14.3.